The molecule has 2 N–H and O–H groups in total. The van der Waals surface area contributed by atoms with Crippen LogP contribution in [0.3, 0.4) is 0 Å². The lowest BCUT2D eigenvalue weighted by molar-refractivity contribution is -0.128. The van der Waals surface area contributed by atoms with Crippen LogP contribution in [0.25, 0.3) is 0 Å². The van der Waals surface area contributed by atoms with Crippen LogP contribution in [0.5, 0.6) is 5.75 Å². The van der Waals surface area contributed by atoms with Crippen molar-refractivity contribution in [3.05, 3.63) is 46.6 Å². The van der Waals surface area contributed by atoms with Gasteiger partial charge in [-0.1, -0.05) is 44.5 Å². The number of nitrogens with zero attached hydrogens (tertiary/aromatic N) is 1. The topological polar surface area (TPSA) is 93.5 Å². The standard InChI is InChI=1S/C25H31ClFN3O4/c1-15-13-24(29-22(32)19-12-20(30-34-19)23(2,3)4)7-9-25(15,10-8-24)28-21(31)14-33-16-5-6-17(26)18(27)11-16/h5-6,11-12,15H,7-10,13-14H2,1-4H3,(H,28,31)(H,29,32). The fraction of sp³-hybridized carbons (Fsp3) is 0.560. The van der Waals surface area contributed by atoms with Gasteiger partial charge in [0, 0.05) is 28.6 Å². The van der Waals surface area contributed by atoms with E-state index in [1.54, 1.807) is 6.07 Å². The third-order valence-electron chi connectivity index (χ3n) is 7.27. The molecule has 0 aliphatic heterocycles. The molecule has 1 aromatic carbocycles. The van der Waals surface area contributed by atoms with Crippen LogP contribution in [0.4, 0.5) is 4.39 Å². The van der Waals surface area contributed by atoms with Crippen molar-refractivity contribution in [2.75, 3.05) is 6.61 Å². The van der Waals surface area contributed by atoms with E-state index in [2.05, 4.69) is 22.7 Å². The monoisotopic (exact) mass is 491 g/mol. The number of amides is 2. The number of carbonyl (C=O) groups excluding carboxylic acids is 2. The van der Waals surface area contributed by atoms with Crippen molar-refractivity contribution in [3.63, 3.8) is 0 Å². The van der Waals surface area contributed by atoms with Crippen molar-refractivity contribution < 1.29 is 23.2 Å². The summed E-state index contributed by atoms with van der Waals surface area (Å²) in [5, 5.41) is 10.4. The van der Waals surface area contributed by atoms with Crippen LogP contribution in [-0.2, 0) is 10.2 Å². The molecule has 5 rings (SSSR count). The second-order valence-electron chi connectivity index (χ2n) is 10.7. The van der Waals surface area contributed by atoms with Crippen LogP contribution in [0.15, 0.2) is 28.8 Å². The number of hydrogen-bond donors (Lipinski definition) is 2. The van der Waals surface area contributed by atoms with E-state index in [0.717, 1.165) is 43.9 Å². The maximum absolute atomic E-state index is 13.6. The first-order valence-corrected chi connectivity index (χ1v) is 12.0. The third-order valence-corrected chi connectivity index (χ3v) is 7.58. The highest BCUT2D eigenvalue weighted by atomic mass is 35.5. The summed E-state index contributed by atoms with van der Waals surface area (Å²) in [6, 6.07) is 5.78. The zero-order chi connectivity index (χ0) is 24.7. The first-order valence-electron chi connectivity index (χ1n) is 11.6. The first kappa shape index (κ1) is 24.5. The van der Waals surface area contributed by atoms with Gasteiger partial charge < -0.3 is 19.9 Å². The summed E-state index contributed by atoms with van der Waals surface area (Å²) in [7, 11) is 0. The van der Waals surface area contributed by atoms with Gasteiger partial charge in [-0.15, -0.1) is 0 Å². The molecule has 34 heavy (non-hydrogen) atoms. The lowest BCUT2D eigenvalue weighted by atomic mass is 9.56. The predicted molar refractivity (Wildman–Crippen MR) is 125 cm³/mol. The zero-order valence-corrected chi connectivity index (χ0v) is 20.7. The summed E-state index contributed by atoms with van der Waals surface area (Å²) in [5.74, 6) is -0.469. The van der Waals surface area contributed by atoms with E-state index >= 15 is 0 Å². The van der Waals surface area contributed by atoms with Gasteiger partial charge in [-0.2, -0.15) is 0 Å². The Morgan fingerprint density at radius 3 is 2.50 bits per heavy atom. The molecule has 1 aromatic heterocycles. The molecule has 184 valence electrons. The van der Waals surface area contributed by atoms with Gasteiger partial charge >= 0.3 is 0 Å². The number of nitrogens with one attached hydrogen (secondary N) is 2. The van der Waals surface area contributed by atoms with E-state index in [9.17, 15) is 14.0 Å². The van der Waals surface area contributed by atoms with Gasteiger partial charge in [-0.3, -0.25) is 9.59 Å². The van der Waals surface area contributed by atoms with Crippen LogP contribution in [0, 0.1) is 11.7 Å². The fourth-order valence-corrected chi connectivity index (χ4v) is 5.26. The normalized spacial score (nSPS) is 26.2. The van der Waals surface area contributed by atoms with Gasteiger partial charge in [0.1, 0.15) is 11.6 Å². The van der Waals surface area contributed by atoms with E-state index in [4.69, 9.17) is 20.9 Å². The van der Waals surface area contributed by atoms with Crippen molar-refractivity contribution in [2.24, 2.45) is 5.92 Å². The van der Waals surface area contributed by atoms with E-state index in [-0.39, 0.29) is 57.4 Å². The average molecular weight is 492 g/mol. The van der Waals surface area contributed by atoms with Crippen molar-refractivity contribution in [1.29, 1.82) is 0 Å². The third kappa shape index (κ3) is 4.92. The van der Waals surface area contributed by atoms with Crippen LogP contribution >= 0.6 is 11.6 Å². The van der Waals surface area contributed by atoms with Gasteiger partial charge in [0.25, 0.3) is 11.8 Å². The molecule has 3 aliphatic rings. The Hall–Kier alpha value is -2.61. The summed E-state index contributed by atoms with van der Waals surface area (Å²) in [6.45, 7) is 7.94. The minimum atomic E-state index is -0.593. The zero-order valence-electron chi connectivity index (χ0n) is 20.0. The molecule has 1 unspecified atom stereocenters. The Balaban J connectivity index is 1.34. The molecule has 9 heteroatoms. The number of halogens is 2. The molecule has 1 heterocycles. The molecule has 3 saturated carbocycles. The van der Waals surface area contributed by atoms with Gasteiger partial charge in [-0.05, 0) is 50.2 Å². The maximum Gasteiger partial charge on any atom is 0.290 e. The lowest BCUT2D eigenvalue weighted by Crippen LogP contribution is -2.67. The minimum Gasteiger partial charge on any atom is -0.484 e. The van der Waals surface area contributed by atoms with Gasteiger partial charge in [-0.25, -0.2) is 4.39 Å². The number of carbonyl (C=O) groups is 2. The molecule has 0 spiro atoms. The van der Waals surface area contributed by atoms with Crippen molar-refractivity contribution in [2.45, 2.75) is 76.3 Å². The minimum absolute atomic E-state index is 0.00227. The van der Waals surface area contributed by atoms with Gasteiger partial charge in [0.2, 0.25) is 5.76 Å². The SMILES string of the molecule is CC1CC2(NC(=O)c3cc(C(C)(C)C)no3)CCC1(NC(=O)COc1ccc(Cl)c(F)c1)CC2. The van der Waals surface area contributed by atoms with Crippen molar-refractivity contribution in [1.82, 2.24) is 15.8 Å². The average Bonchev–Trinajstić information content (AvgIpc) is 3.27. The van der Waals surface area contributed by atoms with Crippen molar-refractivity contribution in [3.8, 4) is 5.75 Å². The molecule has 7 nitrogen and oxygen atoms in total. The molecule has 3 fully saturated rings. The number of hydrogen-bond acceptors (Lipinski definition) is 5. The number of fused-ring (bicyclic) bond motifs is 3. The summed E-state index contributed by atoms with van der Waals surface area (Å²) in [5.41, 5.74) is -0.131. The smallest absolute Gasteiger partial charge is 0.290 e. The van der Waals surface area contributed by atoms with Crippen LogP contribution in [0.2, 0.25) is 5.02 Å². The Kier molecular flexibility index (Phi) is 6.40. The summed E-state index contributed by atoms with van der Waals surface area (Å²) < 4.78 is 24.3. The summed E-state index contributed by atoms with van der Waals surface area (Å²) in [6.07, 6.45) is 3.76. The van der Waals surface area contributed by atoms with Crippen LogP contribution < -0.4 is 15.4 Å². The van der Waals surface area contributed by atoms with E-state index in [1.807, 2.05) is 20.8 Å². The highest BCUT2D eigenvalue weighted by molar-refractivity contribution is 6.30. The number of ether oxygens (including phenoxy) is 1. The van der Waals surface area contributed by atoms with Gasteiger partial charge in [0.05, 0.1) is 10.7 Å². The summed E-state index contributed by atoms with van der Waals surface area (Å²) in [4.78, 5) is 25.5. The van der Waals surface area contributed by atoms with E-state index in [1.165, 1.54) is 12.1 Å². The maximum atomic E-state index is 13.6. The number of benzene rings is 1. The Bertz CT molecular complexity index is 1090. The molecule has 2 aromatic rings. The number of rotatable bonds is 6. The molecule has 3 aliphatic carbocycles. The Morgan fingerprint density at radius 1 is 1.21 bits per heavy atom. The van der Waals surface area contributed by atoms with E-state index < -0.39 is 5.82 Å². The Morgan fingerprint density at radius 2 is 1.91 bits per heavy atom. The second kappa shape index (κ2) is 8.87. The van der Waals surface area contributed by atoms with Crippen LogP contribution in [0.1, 0.15) is 76.0 Å². The second-order valence-corrected chi connectivity index (χ2v) is 11.1. The number of aromatic nitrogens is 1. The lowest BCUT2D eigenvalue weighted by Gasteiger charge is -2.57. The first-order chi connectivity index (χ1) is 15.9. The molecular formula is C25H31ClFN3O4. The highest BCUT2D eigenvalue weighted by Crippen LogP contribution is 2.50. The van der Waals surface area contributed by atoms with E-state index in [0.29, 0.717) is 0 Å². The molecule has 2 bridgehead atoms. The van der Waals surface area contributed by atoms with Crippen LogP contribution in [-0.4, -0.2) is 34.7 Å². The quantitative estimate of drug-likeness (QED) is 0.606. The highest BCUT2D eigenvalue weighted by Gasteiger charge is 2.54. The fourth-order valence-electron chi connectivity index (χ4n) is 5.14. The van der Waals surface area contributed by atoms with Crippen molar-refractivity contribution >= 4 is 23.4 Å². The van der Waals surface area contributed by atoms with Gasteiger partial charge in [0.15, 0.2) is 6.61 Å². The summed E-state index contributed by atoms with van der Waals surface area (Å²) >= 11 is 5.68. The molecule has 2 amide bonds. The largest absolute Gasteiger partial charge is 0.484 e. The molecule has 1 atom stereocenters. The molecular weight excluding hydrogens is 461 g/mol. The molecule has 0 saturated heterocycles. The Labute approximate surface area is 203 Å². The predicted octanol–water partition coefficient (Wildman–Crippen LogP) is 4.78. The molecule has 0 radical (unpaired) electrons.